The van der Waals surface area contributed by atoms with Crippen LogP contribution in [0.3, 0.4) is 0 Å². The van der Waals surface area contributed by atoms with Crippen LogP contribution in [0, 0.1) is 0 Å². The summed E-state index contributed by atoms with van der Waals surface area (Å²) in [6.45, 7) is 0. The van der Waals surface area contributed by atoms with Crippen LogP contribution in [0.25, 0.3) is 10.9 Å². The average molecular weight is 269 g/mol. The highest BCUT2D eigenvalue weighted by molar-refractivity contribution is 6.12. The number of H-pyrrole nitrogens is 2. The van der Waals surface area contributed by atoms with Crippen LogP contribution in [-0.4, -0.2) is 21.1 Å². The molecule has 5 N–H and O–H groups in total. The molecule has 0 saturated carbocycles. The van der Waals surface area contributed by atoms with Gasteiger partial charge in [0, 0.05) is 28.9 Å². The predicted molar refractivity (Wildman–Crippen MR) is 75.5 cm³/mol. The van der Waals surface area contributed by atoms with Crippen molar-refractivity contribution >= 4 is 28.3 Å². The van der Waals surface area contributed by atoms with Gasteiger partial charge in [-0.2, -0.15) is 5.10 Å². The Kier molecular flexibility index (Phi) is 2.72. The van der Waals surface area contributed by atoms with E-state index >= 15 is 0 Å². The summed E-state index contributed by atoms with van der Waals surface area (Å²) < 4.78 is 0. The van der Waals surface area contributed by atoms with Crippen molar-refractivity contribution in [1.82, 2.24) is 15.2 Å². The van der Waals surface area contributed by atoms with Crippen molar-refractivity contribution in [2.75, 3.05) is 11.1 Å². The molecule has 3 aromatic rings. The lowest BCUT2D eigenvalue weighted by Gasteiger charge is -2.02. The molecule has 1 amide bonds. The van der Waals surface area contributed by atoms with Gasteiger partial charge < -0.3 is 16.0 Å². The van der Waals surface area contributed by atoms with E-state index in [0.29, 0.717) is 11.3 Å². The first-order valence-corrected chi connectivity index (χ1v) is 5.87. The molecule has 0 radical (unpaired) electrons. The maximum atomic E-state index is 12.2. The van der Waals surface area contributed by atoms with Crippen LogP contribution in [0.15, 0.2) is 41.3 Å². The van der Waals surface area contributed by atoms with Crippen molar-refractivity contribution in [3.63, 3.8) is 0 Å². The maximum Gasteiger partial charge on any atom is 0.264 e. The summed E-state index contributed by atoms with van der Waals surface area (Å²) in [5.74, 6) is -0.0417. The zero-order chi connectivity index (χ0) is 14.1. The van der Waals surface area contributed by atoms with Crippen LogP contribution in [0.4, 0.5) is 11.5 Å². The number of carbonyl (C=O) groups excluding carboxylic acids is 1. The van der Waals surface area contributed by atoms with E-state index in [1.165, 1.54) is 12.1 Å². The number of hydrogen-bond acceptors (Lipinski definition) is 4. The zero-order valence-electron chi connectivity index (χ0n) is 10.3. The first-order chi connectivity index (χ1) is 9.63. The monoisotopic (exact) mass is 269 g/mol. The number of carbonyl (C=O) groups is 1. The molecular weight excluding hydrogens is 258 g/mol. The van der Waals surface area contributed by atoms with Crippen LogP contribution >= 0.6 is 0 Å². The summed E-state index contributed by atoms with van der Waals surface area (Å²) in [7, 11) is 0. The van der Waals surface area contributed by atoms with Gasteiger partial charge in [0.1, 0.15) is 0 Å². The zero-order valence-corrected chi connectivity index (χ0v) is 10.3. The number of nitrogens with one attached hydrogen (secondary N) is 3. The minimum Gasteiger partial charge on any atom is -0.399 e. The largest absolute Gasteiger partial charge is 0.399 e. The van der Waals surface area contributed by atoms with E-state index in [9.17, 15) is 9.59 Å². The van der Waals surface area contributed by atoms with Gasteiger partial charge in [-0.3, -0.25) is 9.59 Å². The van der Waals surface area contributed by atoms with Crippen LogP contribution in [0.5, 0.6) is 0 Å². The third-order valence-electron chi connectivity index (χ3n) is 2.87. The number of anilines is 2. The van der Waals surface area contributed by atoms with E-state index in [1.807, 2.05) is 0 Å². The molecule has 0 bridgehead atoms. The molecule has 2 aromatic heterocycles. The second-order valence-corrected chi connectivity index (χ2v) is 4.27. The Balaban J connectivity index is 1.92. The number of fused-ring (bicyclic) bond motifs is 1. The van der Waals surface area contributed by atoms with Gasteiger partial charge in [-0.1, -0.05) is 0 Å². The maximum absolute atomic E-state index is 12.2. The number of nitrogens with zero attached hydrogens (tertiary/aromatic N) is 1. The second-order valence-electron chi connectivity index (χ2n) is 4.27. The number of nitrogens with two attached hydrogens (primary N) is 1. The molecule has 0 aliphatic carbocycles. The molecule has 1 aromatic carbocycles. The van der Waals surface area contributed by atoms with Gasteiger partial charge in [0.2, 0.25) is 0 Å². The number of benzene rings is 1. The van der Waals surface area contributed by atoms with Gasteiger partial charge in [0.05, 0.1) is 5.56 Å². The molecule has 0 unspecified atom stereocenters. The molecule has 100 valence electrons. The highest BCUT2D eigenvalue weighted by Crippen LogP contribution is 2.21. The van der Waals surface area contributed by atoms with Gasteiger partial charge in [-0.15, -0.1) is 0 Å². The van der Waals surface area contributed by atoms with Crippen molar-refractivity contribution in [2.24, 2.45) is 0 Å². The molecule has 0 aliphatic rings. The Labute approximate surface area is 112 Å². The fraction of sp³-hybridized carbons (Fsp3) is 0. The number of hydrogen-bond donors (Lipinski definition) is 4. The van der Waals surface area contributed by atoms with Crippen LogP contribution in [-0.2, 0) is 0 Å². The van der Waals surface area contributed by atoms with E-state index in [1.54, 1.807) is 24.4 Å². The Morgan fingerprint density at radius 3 is 2.85 bits per heavy atom. The molecular formula is C13H11N5O2. The summed E-state index contributed by atoms with van der Waals surface area (Å²) in [5.41, 5.74) is 7.24. The fourth-order valence-corrected chi connectivity index (χ4v) is 1.93. The van der Waals surface area contributed by atoms with Gasteiger partial charge in [0.25, 0.3) is 11.5 Å². The summed E-state index contributed by atoms with van der Waals surface area (Å²) in [4.78, 5) is 26.0. The molecule has 7 nitrogen and oxygen atoms in total. The minimum atomic E-state index is -0.328. The number of nitrogen functional groups attached to an aromatic ring is 1. The van der Waals surface area contributed by atoms with E-state index in [-0.39, 0.29) is 17.3 Å². The molecule has 0 saturated heterocycles. The molecule has 7 heteroatoms. The Morgan fingerprint density at radius 2 is 2.10 bits per heavy atom. The van der Waals surface area contributed by atoms with Gasteiger partial charge in [-0.05, 0) is 24.3 Å². The number of aromatic amines is 2. The molecule has 0 aliphatic heterocycles. The molecule has 2 heterocycles. The lowest BCUT2D eigenvalue weighted by molar-refractivity contribution is 0.102. The topological polar surface area (TPSA) is 117 Å². The lowest BCUT2D eigenvalue weighted by atomic mass is 10.1. The first-order valence-electron chi connectivity index (χ1n) is 5.87. The number of rotatable bonds is 2. The van der Waals surface area contributed by atoms with Gasteiger partial charge in [-0.25, -0.2) is 5.10 Å². The van der Waals surface area contributed by atoms with Crippen LogP contribution in [0.2, 0.25) is 0 Å². The van der Waals surface area contributed by atoms with E-state index in [4.69, 9.17) is 5.73 Å². The lowest BCUT2D eigenvalue weighted by Crippen LogP contribution is -2.15. The summed E-state index contributed by atoms with van der Waals surface area (Å²) in [6, 6.07) is 7.98. The fourth-order valence-electron chi connectivity index (χ4n) is 1.93. The van der Waals surface area contributed by atoms with Crippen molar-refractivity contribution < 1.29 is 4.79 Å². The normalized spacial score (nSPS) is 10.6. The molecule has 20 heavy (non-hydrogen) atoms. The SMILES string of the molecule is Nc1ccc2c(C(=O)Nc3ccc(=O)[nH]n3)c[nH]c2c1. The molecule has 3 rings (SSSR count). The Bertz CT molecular complexity index is 829. The second kappa shape index (κ2) is 4.54. The summed E-state index contributed by atoms with van der Waals surface area (Å²) in [6.07, 6.45) is 1.60. The van der Waals surface area contributed by atoms with Crippen LogP contribution in [0.1, 0.15) is 10.4 Å². The van der Waals surface area contributed by atoms with Crippen molar-refractivity contribution in [1.29, 1.82) is 0 Å². The van der Waals surface area contributed by atoms with Crippen molar-refractivity contribution in [2.45, 2.75) is 0 Å². The quantitative estimate of drug-likeness (QED) is 0.521. The highest BCUT2D eigenvalue weighted by Gasteiger charge is 2.12. The van der Waals surface area contributed by atoms with Crippen molar-refractivity contribution in [3.8, 4) is 0 Å². The number of aromatic nitrogens is 3. The van der Waals surface area contributed by atoms with E-state index < -0.39 is 0 Å². The van der Waals surface area contributed by atoms with Gasteiger partial charge >= 0.3 is 0 Å². The van der Waals surface area contributed by atoms with Crippen LogP contribution < -0.4 is 16.6 Å². The van der Waals surface area contributed by atoms with Gasteiger partial charge in [0.15, 0.2) is 5.82 Å². The third kappa shape index (κ3) is 2.12. The number of amides is 1. The molecule has 0 spiro atoms. The van der Waals surface area contributed by atoms with E-state index in [2.05, 4.69) is 20.5 Å². The highest BCUT2D eigenvalue weighted by atomic mass is 16.2. The minimum absolute atomic E-state index is 0.277. The Morgan fingerprint density at radius 1 is 1.25 bits per heavy atom. The molecule has 0 atom stereocenters. The summed E-state index contributed by atoms with van der Waals surface area (Å²) in [5, 5.41) is 9.34. The standard InChI is InChI=1S/C13H11N5O2/c14-7-1-2-8-9(6-15-10(8)5-7)13(20)16-11-3-4-12(19)18-17-11/h1-6,15H,14H2,(H,18,19)(H,16,17,20). The summed E-state index contributed by atoms with van der Waals surface area (Å²) >= 11 is 0. The molecule has 0 fully saturated rings. The first kappa shape index (κ1) is 12.0. The van der Waals surface area contributed by atoms with E-state index in [0.717, 1.165) is 10.9 Å². The third-order valence-corrected chi connectivity index (χ3v) is 2.87. The average Bonchev–Trinajstić information content (AvgIpc) is 2.84. The Hall–Kier alpha value is -3.09. The predicted octanol–water partition coefficient (Wildman–Crippen LogP) is 1.09. The smallest absolute Gasteiger partial charge is 0.264 e. The van der Waals surface area contributed by atoms with Crippen molar-refractivity contribution in [3.05, 3.63) is 52.4 Å².